The van der Waals surface area contributed by atoms with E-state index in [1.54, 1.807) is 7.05 Å². The number of fused-ring (bicyclic) bond motifs is 1. The Morgan fingerprint density at radius 3 is 2.95 bits per heavy atom. The van der Waals surface area contributed by atoms with E-state index in [1.165, 1.54) is 17.4 Å². The van der Waals surface area contributed by atoms with Crippen molar-refractivity contribution in [3.05, 3.63) is 34.3 Å². The number of oxazole rings is 1. The Balaban J connectivity index is 1.71. The minimum Gasteiger partial charge on any atom is -0.408 e. The van der Waals surface area contributed by atoms with E-state index in [0.29, 0.717) is 11.0 Å². The molecule has 3 rings (SSSR count). The zero-order valence-corrected chi connectivity index (χ0v) is 11.1. The smallest absolute Gasteiger partial charge is 0.408 e. The van der Waals surface area contributed by atoms with Crippen LogP contribution in [0.2, 0.25) is 0 Å². The van der Waals surface area contributed by atoms with Crippen molar-refractivity contribution < 1.29 is 4.42 Å². The van der Waals surface area contributed by atoms with Crippen molar-refractivity contribution in [3.8, 4) is 0 Å². The number of aromatic nitrogens is 1. The van der Waals surface area contributed by atoms with Gasteiger partial charge in [-0.2, -0.15) is 0 Å². The average molecular weight is 261 g/mol. The normalized spacial score (nSPS) is 16.9. The topological polar surface area (TPSA) is 73.2 Å². The molecule has 0 radical (unpaired) electrons. The molecule has 1 aromatic heterocycles. The van der Waals surface area contributed by atoms with Gasteiger partial charge in [-0.25, -0.2) is 4.79 Å². The van der Waals surface area contributed by atoms with Crippen LogP contribution in [0, 0.1) is 5.41 Å². The Morgan fingerprint density at radius 1 is 1.47 bits per heavy atom. The van der Waals surface area contributed by atoms with Crippen LogP contribution in [0.1, 0.15) is 18.4 Å². The Hall–Kier alpha value is -1.59. The molecule has 5 nitrogen and oxygen atoms in total. The van der Waals surface area contributed by atoms with Gasteiger partial charge < -0.3 is 15.5 Å². The first-order valence-corrected chi connectivity index (χ1v) is 6.63. The monoisotopic (exact) mass is 261 g/mol. The Labute approximate surface area is 111 Å². The van der Waals surface area contributed by atoms with Crippen molar-refractivity contribution in [1.29, 1.82) is 0 Å². The van der Waals surface area contributed by atoms with Crippen LogP contribution in [0.4, 0.5) is 0 Å². The maximum atomic E-state index is 11.4. The van der Waals surface area contributed by atoms with E-state index < -0.39 is 0 Å². The summed E-state index contributed by atoms with van der Waals surface area (Å²) in [5.41, 5.74) is 8.72. The van der Waals surface area contributed by atoms with E-state index in [4.69, 9.17) is 10.2 Å². The lowest BCUT2D eigenvalue weighted by Crippen LogP contribution is -2.29. The van der Waals surface area contributed by atoms with Gasteiger partial charge in [-0.1, -0.05) is 6.07 Å². The van der Waals surface area contributed by atoms with E-state index in [-0.39, 0.29) is 5.76 Å². The molecule has 1 aromatic carbocycles. The molecule has 19 heavy (non-hydrogen) atoms. The van der Waals surface area contributed by atoms with Gasteiger partial charge in [0.05, 0.1) is 5.52 Å². The van der Waals surface area contributed by atoms with Gasteiger partial charge in [0.1, 0.15) is 0 Å². The fourth-order valence-corrected chi connectivity index (χ4v) is 2.38. The second-order valence-corrected chi connectivity index (χ2v) is 5.54. The summed E-state index contributed by atoms with van der Waals surface area (Å²) in [4.78, 5) is 11.4. The summed E-state index contributed by atoms with van der Waals surface area (Å²) in [5.74, 6) is -0.319. The van der Waals surface area contributed by atoms with Crippen molar-refractivity contribution >= 4 is 11.1 Å². The van der Waals surface area contributed by atoms with Crippen LogP contribution < -0.4 is 16.8 Å². The van der Waals surface area contributed by atoms with Gasteiger partial charge in [0.15, 0.2) is 5.58 Å². The first-order chi connectivity index (χ1) is 9.13. The molecule has 1 saturated carbocycles. The molecule has 0 amide bonds. The molecule has 0 atom stereocenters. The predicted molar refractivity (Wildman–Crippen MR) is 73.9 cm³/mol. The van der Waals surface area contributed by atoms with E-state index >= 15 is 0 Å². The lowest BCUT2D eigenvalue weighted by Gasteiger charge is -2.13. The maximum Gasteiger partial charge on any atom is 0.419 e. The fraction of sp³-hybridized carbons (Fsp3) is 0.500. The van der Waals surface area contributed by atoms with Crippen molar-refractivity contribution in [2.75, 3.05) is 13.1 Å². The molecule has 0 saturated heterocycles. The van der Waals surface area contributed by atoms with Gasteiger partial charge in [-0.3, -0.25) is 4.57 Å². The minimum atomic E-state index is -0.319. The number of nitrogens with two attached hydrogens (primary N) is 1. The Kier molecular flexibility index (Phi) is 2.95. The first kappa shape index (κ1) is 12.4. The van der Waals surface area contributed by atoms with E-state index in [1.807, 2.05) is 18.2 Å². The third-order valence-electron chi connectivity index (χ3n) is 4.08. The summed E-state index contributed by atoms with van der Waals surface area (Å²) >= 11 is 0. The standard InChI is InChI=1S/C14H19N3O2/c1-17-11-6-10(2-3-12(11)19-13(17)18)7-16-9-14(8-15)4-5-14/h2-3,6,16H,4-5,7-9,15H2,1H3. The molecule has 5 heteroatoms. The predicted octanol–water partition coefficient (Wildman–Crippen LogP) is 0.960. The lowest BCUT2D eigenvalue weighted by atomic mass is 10.1. The number of nitrogens with one attached hydrogen (secondary N) is 1. The third kappa shape index (κ3) is 2.31. The number of hydrogen-bond donors (Lipinski definition) is 2. The Bertz CT molecular complexity index is 652. The van der Waals surface area contributed by atoms with Crippen molar-refractivity contribution in [1.82, 2.24) is 9.88 Å². The number of rotatable bonds is 5. The number of nitrogens with zero attached hydrogens (tertiary/aromatic N) is 1. The number of benzene rings is 1. The van der Waals surface area contributed by atoms with Gasteiger partial charge in [0, 0.05) is 20.1 Å². The molecule has 3 N–H and O–H groups in total. The molecular formula is C14H19N3O2. The van der Waals surface area contributed by atoms with Crippen LogP contribution in [0.15, 0.2) is 27.4 Å². The first-order valence-electron chi connectivity index (χ1n) is 6.63. The molecule has 1 aliphatic rings. The molecule has 0 unspecified atom stereocenters. The van der Waals surface area contributed by atoms with Crippen LogP contribution in [0.25, 0.3) is 11.1 Å². The molecule has 102 valence electrons. The van der Waals surface area contributed by atoms with Crippen LogP contribution in [0.5, 0.6) is 0 Å². The second kappa shape index (κ2) is 4.51. The molecule has 1 aliphatic carbocycles. The molecule has 1 heterocycles. The summed E-state index contributed by atoms with van der Waals surface area (Å²) in [7, 11) is 1.72. The quantitative estimate of drug-likeness (QED) is 0.841. The van der Waals surface area contributed by atoms with Crippen molar-refractivity contribution in [2.45, 2.75) is 19.4 Å². The molecule has 0 aliphatic heterocycles. The molecule has 2 aromatic rings. The summed E-state index contributed by atoms with van der Waals surface area (Å²) in [5, 5.41) is 3.45. The van der Waals surface area contributed by atoms with Gasteiger partial charge in [-0.15, -0.1) is 0 Å². The summed E-state index contributed by atoms with van der Waals surface area (Å²) in [6.45, 7) is 2.51. The highest BCUT2D eigenvalue weighted by Crippen LogP contribution is 2.43. The maximum absolute atomic E-state index is 11.4. The average Bonchev–Trinajstić information content (AvgIpc) is 3.14. The van der Waals surface area contributed by atoms with Crippen molar-refractivity contribution in [2.24, 2.45) is 18.2 Å². The molecular weight excluding hydrogens is 242 g/mol. The molecule has 1 fully saturated rings. The highest BCUT2D eigenvalue weighted by atomic mass is 16.4. The minimum absolute atomic E-state index is 0.319. The zero-order valence-electron chi connectivity index (χ0n) is 11.1. The van der Waals surface area contributed by atoms with E-state index in [9.17, 15) is 4.79 Å². The number of aryl methyl sites for hydroxylation is 1. The summed E-state index contributed by atoms with van der Waals surface area (Å²) < 4.78 is 6.64. The van der Waals surface area contributed by atoms with Crippen molar-refractivity contribution in [3.63, 3.8) is 0 Å². The zero-order chi connectivity index (χ0) is 13.5. The summed E-state index contributed by atoms with van der Waals surface area (Å²) in [6.07, 6.45) is 2.46. The fourth-order valence-electron chi connectivity index (χ4n) is 2.38. The Morgan fingerprint density at radius 2 is 2.26 bits per heavy atom. The van der Waals surface area contributed by atoms with Gasteiger partial charge in [-0.05, 0) is 42.5 Å². The van der Waals surface area contributed by atoms with Crippen LogP contribution in [-0.2, 0) is 13.6 Å². The third-order valence-corrected chi connectivity index (χ3v) is 4.08. The van der Waals surface area contributed by atoms with Gasteiger partial charge in [0.2, 0.25) is 0 Å². The van der Waals surface area contributed by atoms with E-state index in [0.717, 1.165) is 30.7 Å². The second-order valence-electron chi connectivity index (χ2n) is 5.54. The van der Waals surface area contributed by atoms with Gasteiger partial charge in [0.25, 0.3) is 0 Å². The van der Waals surface area contributed by atoms with Crippen LogP contribution >= 0.6 is 0 Å². The van der Waals surface area contributed by atoms with E-state index in [2.05, 4.69) is 5.32 Å². The highest BCUT2D eigenvalue weighted by molar-refractivity contribution is 5.73. The molecule has 0 bridgehead atoms. The lowest BCUT2D eigenvalue weighted by molar-refractivity contribution is 0.468. The number of hydrogen-bond acceptors (Lipinski definition) is 4. The van der Waals surface area contributed by atoms with Gasteiger partial charge >= 0.3 is 5.76 Å². The summed E-state index contributed by atoms with van der Waals surface area (Å²) in [6, 6.07) is 5.83. The SMILES string of the molecule is Cn1c(=O)oc2ccc(CNCC3(CN)CC3)cc21. The molecule has 0 spiro atoms. The van der Waals surface area contributed by atoms with Crippen LogP contribution in [0.3, 0.4) is 0 Å². The largest absolute Gasteiger partial charge is 0.419 e. The highest BCUT2D eigenvalue weighted by Gasteiger charge is 2.40. The van der Waals surface area contributed by atoms with Crippen LogP contribution in [-0.4, -0.2) is 17.7 Å².